The zero-order chi connectivity index (χ0) is 21.5. The van der Waals surface area contributed by atoms with E-state index >= 15 is 0 Å². The second-order valence-corrected chi connectivity index (χ2v) is 7.43. The number of hydrogen-bond donors (Lipinski definition) is 1. The third-order valence-corrected chi connectivity index (χ3v) is 5.41. The first-order chi connectivity index (χ1) is 14.5. The number of piperazine rings is 1. The number of methoxy groups -OCH3 is 2. The first-order valence-electron chi connectivity index (χ1n) is 10.1. The van der Waals surface area contributed by atoms with Gasteiger partial charge in [0.1, 0.15) is 5.75 Å². The van der Waals surface area contributed by atoms with Crippen LogP contribution >= 0.6 is 0 Å². The van der Waals surface area contributed by atoms with Crippen LogP contribution in [0.1, 0.15) is 22.8 Å². The molecule has 7 nitrogen and oxygen atoms in total. The lowest BCUT2D eigenvalue weighted by molar-refractivity contribution is -0.123. The zero-order valence-electron chi connectivity index (χ0n) is 17.8. The molecule has 0 saturated carbocycles. The Morgan fingerprint density at radius 3 is 2.33 bits per heavy atom. The summed E-state index contributed by atoms with van der Waals surface area (Å²) in [5, 5.41) is 2.99. The van der Waals surface area contributed by atoms with E-state index < -0.39 is 0 Å². The van der Waals surface area contributed by atoms with Crippen LogP contribution in [0.25, 0.3) is 0 Å². The van der Waals surface area contributed by atoms with Gasteiger partial charge < -0.3 is 19.7 Å². The molecule has 1 fully saturated rings. The average molecular weight is 412 g/mol. The van der Waals surface area contributed by atoms with Crippen LogP contribution in [0.15, 0.2) is 48.5 Å². The molecule has 160 valence electrons. The van der Waals surface area contributed by atoms with Gasteiger partial charge in [0, 0.05) is 37.9 Å². The third kappa shape index (κ3) is 5.51. The predicted molar refractivity (Wildman–Crippen MR) is 116 cm³/mol. The Balaban J connectivity index is 1.47. The van der Waals surface area contributed by atoms with Crippen LogP contribution in [0.4, 0.5) is 5.69 Å². The van der Waals surface area contributed by atoms with Gasteiger partial charge in [0.2, 0.25) is 5.91 Å². The van der Waals surface area contributed by atoms with E-state index in [4.69, 9.17) is 9.47 Å². The van der Waals surface area contributed by atoms with E-state index in [0.29, 0.717) is 18.7 Å². The van der Waals surface area contributed by atoms with Crippen LogP contribution in [-0.2, 0) is 16.1 Å². The van der Waals surface area contributed by atoms with Gasteiger partial charge >= 0.3 is 5.97 Å². The molecule has 2 aromatic carbocycles. The third-order valence-electron chi connectivity index (χ3n) is 5.41. The summed E-state index contributed by atoms with van der Waals surface area (Å²) in [6.45, 7) is 5.47. The smallest absolute Gasteiger partial charge is 0.337 e. The van der Waals surface area contributed by atoms with Gasteiger partial charge in [0.05, 0.1) is 26.3 Å². The topological polar surface area (TPSA) is 71.1 Å². The van der Waals surface area contributed by atoms with Crippen molar-refractivity contribution in [2.45, 2.75) is 19.5 Å². The monoisotopic (exact) mass is 411 g/mol. The number of nitrogens with zero attached hydrogens (tertiary/aromatic N) is 2. The Kier molecular flexibility index (Phi) is 7.30. The van der Waals surface area contributed by atoms with Crippen molar-refractivity contribution in [3.63, 3.8) is 0 Å². The highest BCUT2D eigenvalue weighted by Crippen LogP contribution is 2.20. The number of hydrogen-bond acceptors (Lipinski definition) is 6. The van der Waals surface area contributed by atoms with Gasteiger partial charge in [-0.05, 0) is 48.9 Å². The summed E-state index contributed by atoms with van der Waals surface area (Å²) in [5.74, 6) is 0.491. The van der Waals surface area contributed by atoms with Crippen molar-refractivity contribution < 1.29 is 19.1 Å². The minimum absolute atomic E-state index is 0.0218. The van der Waals surface area contributed by atoms with Crippen LogP contribution < -0.4 is 15.0 Å². The van der Waals surface area contributed by atoms with Gasteiger partial charge in [-0.15, -0.1) is 0 Å². The number of anilines is 1. The standard InChI is InChI=1S/C23H29N3O4/c1-17-15-26(20-8-6-19(7-9-20)23(28)30-3)13-12-25(17)16-22(27)24-14-18-4-10-21(29-2)11-5-18/h4-11,17H,12-16H2,1-3H3,(H,24,27). The minimum Gasteiger partial charge on any atom is -0.497 e. The van der Waals surface area contributed by atoms with Crippen molar-refractivity contribution >= 4 is 17.6 Å². The van der Waals surface area contributed by atoms with E-state index in [-0.39, 0.29) is 17.9 Å². The van der Waals surface area contributed by atoms with Crippen molar-refractivity contribution in [2.75, 3.05) is 45.3 Å². The van der Waals surface area contributed by atoms with Gasteiger partial charge in [-0.25, -0.2) is 4.79 Å². The Bertz CT molecular complexity index is 852. The van der Waals surface area contributed by atoms with Crippen LogP contribution in [0.3, 0.4) is 0 Å². The number of carbonyl (C=O) groups excluding carboxylic acids is 2. The second-order valence-electron chi connectivity index (χ2n) is 7.43. The minimum atomic E-state index is -0.333. The van der Waals surface area contributed by atoms with E-state index in [1.807, 2.05) is 36.4 Å². The van der Waals surface area contributed by atoms with Gasteiger partial charge in [-0.3, -0.25) is 9.69 Å². The lowest BCUT2D eigenvalue weighted by Crippen LogP contribution is -2.54. The molecule has 0 aromatic heterocycles. The van der Waals surface area contributed by atoms with E-state index in [1.54, 1.807) is 19.2 Å². The van der Waals surface area contributed by atoms with E-state index in [0.717, 1.165) is 36.6 Å². The summed E-state index contributed by atoms with van der Waals surface area (Å²) in [6.07, 6.45) is 0. The van der Waals surface area contributed by atoms with Crippen LogP contribution in [-0.4, -0.2) is 63.2 Å². The molecule has 0 bridgehead atoms. The lowest BCUT2D eigenvalue weighted by Gasteiger charge is -2.40. The molecular formula is C23H29N3O4. The molecule has 0 spiro atoms. The zero-order valence-corrected chi connectivity index (χ0v) is 17.8. The number of rotatable bonds is 7. The van der Waals surface area contributed by atoms with Crippen LogP contribution in [0, 0.1) is 0 Å². The molecule has 0 radical (unpaired) electrons. The highest BCUT2D eigenvalue weighted by atomic mass is 16.5. The van der Waals surface area contributed by atoms with Gasteiger partial charge in [-0.1, -0.05) is 12.1 Å². The molecule has 1 heterocycles. The highest BCUT2D eigenvalue weighted by Gasteiger charge is 2.25. The molecule has 1 N–H and O–H groups in total. The Hall–Kier alpha value is -3.06. The number of benzene rings is 2. The van der Waals surface area contributed by atoms with Crippen molar-refractivity contribution in [1.82, 2.24) is 10.2 Å². The summed E-state index contributed by atoms with van der Waals surface area (Å²) >= 11 is 0. The number of amides is 1. The molecule has 1 aliphatic heterocycles. The average Bonchev–Trinajstić information content (AvgIpc) is 2.79. The molecule has 3 rings (SSSR count). The van der Waals surface area contributed by atoms with Crippen molar-refractivity contribution in [3.05, 3.63) is 59.7 Å². The number of esters is 1. The number of nitrogens with one attached hydrogen (secondary N) is 1. The molecule has 0 aliphatic carbocycles. The Morgan fingerprint density at radius 2 is 1.73 bits per heavy atom. The maximum absolute atomic E-state index is 12.4. The molecule has 1 unspecified atom stereocenters. The summed E-state index contributed by atoms with van der Waals surface area (Å²) in [5.41, 5.74) is 2.65. The molecule has 2 aromatic rings. The predicted octanol–water partition coefficient (Wildman–Crippen LogP) is 2.31. The maximum atomic E-state index is 12.4. The first-order valence-corrected chi connectivity index (χ1v) is 10.1. The van der Waals surface area contributed by atoms with E-state index in [9.17, 15) is 9.59 Å². The van der Waals surface area contributed by atoms with Crippen molar-refractivity contribution in [1.29, 1.82) is 0 Å². The SMILES string of the molecule is COC(=O)c1ccc(N2CCN(CC(=O)NCc3ccc(OC)cc3)C(C)C2)cc1. The fourth-order valence-electron chi connectivity index (χ4n) is 3.58. The molecule has 1 aliphatic rings. The van der Waals surface area contributed by atoms with Crippen LogP contribution in [0.5, 0.6) is 5.75 Å². The summed E-state index contributed by atoms with van der Waals surface area (Å²) < 4.78 is 9.90. The van der Waals surface area contributed by atoms with E-state index in [2.05, 4.69) is 22.0 Å². The largest absolute Gasteiger partial charge is 0.497 e. The molecular weight excluding hydrogens is 382 g/mol. The van der Waals surface area contributed by atoms with Gasteiger partial charge in [-0.2, -0.15) is 0 Å². The highest BCUT2D eigenvalue weighted by molar-refractivity contribution is 5.89. The number of carbonyl (C=O) groups is 2. The molecule has 1 amide bonds. The Labute approximate surface area is 177 Å². The molecule has 1 saturated heterocycles. The lowest BCUT2D eigenvalue weighted by atomic mass is 10.1. The number of ether oxygens (including phenoxy) is 2. The summed E-state index contributed by atoms with van der Waals surface area (Å²) in [4.78, 5) is 28.5. The summed E-state index contributed by atoms with van der Waals surface area (Å²) in [7, 11) is 3.01. The van der Waals surface area contributed by atoms with Gasteiger partial charge in [0.15, 0.2) is 0 Å². The maximum Gasteiger partial charge on any atom is 0.337 e. The van der Waals surface area contributed by atoms with Crippen LogP contribution in [0.2, 0.25) is 0 Å². The molecule has 30 heavy (non-hydrogen) atoms. The Morgan fingerprint density at radius 1 is 1.03 bits per heavy atom. The fourth-order valence-corrected chi connectivity index (χ4v) is 3.58. The van der Waals surface area contributed by atoms with Gasteiger partial charge in [0.25, 0.3) is 0 Å². The second kappa shape index (κ2) is 10.1. The fraction of sp³-hybridized carbons (Fsp3) is 0.391. The first kappa shape index (κ1) is 21.6. The van der Waals surface area contributed by atoms with Crippen molar-refractivity contribution in [3.8, 4) is 5.75 Å². The summed E-state index contributed by atoms with van der Waals surface area (Å²) in [6, 6.07) is 15.4. The molecule has 7 heteroatoms. The molecule has 1 atom stereocenters. The quantitative estimate of drug-likeness (QED) is 0.705. The van der Waals surface area contributed by atoms with E-state index in [1.165, 1.54) is 7.11 Å². The normalized spacial score (nSPS) is 16.8. The van der Waals surface area contributed by atoms with Crippen molar-refractivity contribution in [2.24, 2.45) is 0 Å².